The molecule has 2 aromatic carbocycles. The number of amides is 1. The summed E-state index contributed by atoms with van der Waals surface area (Å²) in [5, 5.41) is 0. The largest absolute Gasteiger partial charge is 0.493 e. The van der Waals surface area contributed by atoms with E-state index in [1.807, 2.05) is 4.90 Å². The van der Waals surface area contributed by atoms with Gasteiger partial charge >= 0.3 is 0 Å². The molecule has 0 aromatic heterocycles. The van der Waals surface area contributed by atoms with Gasteiger partial charge in [-0.15, -0.1) is 0 Å². The average Bonchev–Trinajstić information content (AvgIpc) is 2.74. The molecule has 1 fully saturated rings. The molecule has 0 radical (unpaired) electrons. The first-order valence-electron chi connectivity index (χ1n) is 9.12. The topological polar surface area (TPSA) is 51.2 Å². The number of hydrogen-bond acceptors (Lipinski definition) is 5. The third-order valence-electron chi connectivity index (χ3n) is 4.91. The third-order valence-corrected chi connectivity index (χ3v) is 4.91. The molecule has 1 saturated heterocycles. The van der Waals surface area contributed by atoms with E-state index in [0.717, 1.165) is 25.2 Å². The predicted molar refractivity (Wildman–Crippen MR) is 104 cm³/mol. The summed E-state index contributed by atoms with van der Waals surface area (Å²) in [6.07, 6.45) is 0. The Kier molecular flexibility index (Phi) is 6.36. The van der Waals surface area contributed by atoms with Gasteiger partial charge in [0.15, 0.2) is 11.5 Å². The van der Waals surface area contributed by atoms with Gasteiger partial charge in [0.2, 0.25) is 5.75 Å². The third kappa shape index (κ3) is 4.20. The van der Waals surface area contributed by atoms with Crippen LogP contribution in [-0.2, 0) is 6.54 Å². The van der Waals surface area contributed by atoms with Crippen LogP contribution >= 0.6 is 0 Å². The smallest absolute Gasteiger partial charge is 0.257 e. The van der Waals surface area contributed by atoms with Gasteiger partial charge in [0.05, 0.1) is 26.9 Å². The maximum Gasteiger partial charge on any atom is 0.257 e. The van der Waals surface area contributed by atoms with E-state index in [9.17, 15) is 9.18 Å². The molecular weight excluding hydrogens is 363 g/mol. The number of methoxy groups -OCH3 is 3. The van der Waals surface area contributed by atoms with Gasteiger partial charge in [0.25, 0.3) is 5.91 Å². The monoisotopic (exact) mass is 388 g/mol. The fourth-order valence-corrected chi connectivity index (χ4v) is 3.40. The molecule has 3 rings (SSSR count). The standard InChI is InChI=1S/C21H25FN2O4/c1-26-18-9-8-17(19(27-2)20(18)28-3)21(25)24-12-10-23(11-13-24)14-15-4-6-16(22)7-5-15/h4-9H,10-14H2,1-3H3. The van der Waals surface area contributed by atoms with Crippen molar-refractivity contribution in [2.45, 2.75) is 6.54 Å². The Hall–Kier alpha value is -2.80. The van der Waals surface area contributed by atoms with Gasteiger partial charge in [-0.1, -0.05) is 12.1 Å². The van der Waals surface area contributed by atoms with Crippen LogP contribution in [0.2, 0.25) is 0 Å². The van der Waals surface area contributed by atoms with Crippen LogP contribution < -0.4 is 14.2 Å². The highest BCUT2D eigenvalue weighted by Crippen LogP contribution is 2.40. The summed E-state index contributed by atoms with van der Waals surface area (Å²) < 4.78 is 29.1. The maximum atomic E-state index is 13.0. The van der Waals surface area contributed by atoms with Gasteiger partial charge in [-0.05, 0) is 29.8 Å². The van der Waals surface area contributed by atoms with Crippen LogP contribution in [0.5, 0.6) is 17.2 Å². The lowest BCUT2D eigenvalue weighted by molar-refractivity contribution is 0.0624. The van der Waals surface area contributed by atoms with E-state index >= 15 is 0 Å². The summed E-state index contributed by atoms with van der Waals surface area (Å²) in [6, 6.07) is 9.94. The number of carbonyl (C=O) groups excluding carboxylic acids is 1. The zero-order valence-electron chi connectivity index (χ0n) is 16.4. The van der Waals surface area contributed by atoms with Gasteiger partial charge < -0.3 is 19.1 Å². The molecule has 1 aliphatic rings. The Morgan fingerprint density at radius 3 is 2.11 bits per heavy atom. The average molecular weight is 388 g/mol. The Morgan fingerprint density at radius 2 is 1.54 bits per heavy atom. The van der Waals surface area contributed by atoms with Gasteiger partial charge in [-0.3, -0.25) is 9.69 Å². The predicted octanol–water partition coefficient (Wildman–Crippen LogP) is 2.81. The first-order valence-corrected chi connectivity index (χ1v) is 9.12. The van der Waals surface area contributed by atoms with Crippen molar-refractivity contribution in [3.8, 4) is 17.2 Å². The molecule has 150 valence electrons. The van der Waals surface area contributed by atoms with Crippen LogP contribution in [0.4, 0.5) is 4.39 Å². The summed E-state index contributed by atoms with van der Waals surface area (Å²) in [7, 11) is 4.57. The Morgan fingerprint density at radius 1 is 0.893 bits per heavy atom. The maximum absolute atomic E-state index is 13.0. The van der Waals surface area contributed by atoms with E-state index in [1.54, 1.807) is 31.4 Å². The molecule has 0 aliphatic carbocycles. The lowest BCUT2D eigenvalue weighted by Crippen LogP contribution is -2.48. The second-order valence-corrected chi connectivity index (χ2v) is 6.58. The van der Waals surface area contributed by atoms with Gasteiger partial charge in [-0.25, -0.2) is 4.39 Å². The summed E-state index contributed by atoms with van der Waals surface area (Å²) in [5.41, 5.74) is 1.51. The molecule has 7 heteroatoms. The van der Waals surface area contributed by atoms with Crippen LogP contribution in [0, 0.1) is 5.82 Å². The van der Waals surface area contributed by atoms with Crippen molar-refractivity contribution in [1.29, 1.82) is 0 Å². The van der Waals surface area contributed by atoms with Crippen LogP contribution in [-0.4, -0.2) is 63.2 Å². The molecule has 0 N–H and O–H groups in total. The molecule has 0 spiro atoms. The fraction of sp³-hybridized carbons (Fsp3) is 0.381. The van der Waals surface area contributed by atoms with Crippen molar-refractivity contribution in [3.63, 3.8) is 0 Å². The normalized spacial score (nSPS) is 14.6. The SMILES string of the molecule is COc1ccc(C(=O)N2CCN(Cc3ccc(F)cc3)CC2)c(OC)c1OC. The Balaban J connectivity index is 1.67. The quantitative estimate of drug-likeness (QED) is 0.762. The second kappa shape index (κ2) is 8.93. The Bertz CT molecular complexity index is 818. The number of carbonyl (C=O) groups is 1. The zero-order chi connectivity index (χ0) is 20.1. The van der Waals surface area contributed by atoms with Crippen molar-refractivity contribution in [2.24, 2.45) is 0 Å². The fourth-order valence-electron chi connectivity index (χ4n) is 3.40. The van der Waals surface area contributed by atoms with E-state index in [-0.39, 0.29) is 11.7 Å². The molecule has 1 heterocycles. The minimum atomic E-state index is -0.233. The number of piperazine rings is 1. The summed E-state index contributed by atoms with van der Waals surface area (Å²) in [4.78, 5) is 17.1. The molecular formula is C21H25FN2O4. The minimum Gasteiger partial charge on any atom is -0.493 e. The molecule has 2 aromatic rings. The molecule has 0 saturated carbocycles. The first-order chi connectivity index (χ1) is 13.6. The number of ether oxygens (including phenoxy) is 3. The number of rotatable bonds is 6. The van der Waals surface area contributed by atoms with Crippen LogP contribution in [0.15, 0.2) is 36.4 Å². The summed E-state index contributed by atoms with van der Waals surface area (Å²) in [6.45, 7) is 3.45. The number of hydrogen-bond donors (Lipinski definition) is 0. The summed E-state index contributed by atoms with van der Waals surface area (Å²) in [5.74, 6) is 0.966. The molecule has 0 unspecified atom stereocenters. The van der Waals surface area contributed by atoms with E-state index in [0.29, 0.717) is 35.9 Å². The van der Waals surface area contributed by atoms with Crippen molar-refractivity contribution in [3.05, 3.63) is 53.3 Å². The van der Waals surface area contributed by atoms with Crippen molar-refractivity contribution < 1.29 is 23.4 Å². The Labute approximate surface area is 164 Å². The molecule has 1 amide bonds. The molecule has 1 aliphatic heterocycles. The van der Waals surface area contributed by atoms with Crippen molar-refractivity contribution in [1.82, 2.24) is 9.80 Å². The van der Waals surface area contributed by atoms with Crippen LogP contribution in [0.25, 0.3) is 0 Å². The number of benzene rings is 2. The highest BCUT2D eigenvalue weighted by molar-refractivity contribution is 5.98. The molecule has 0 bridgehead atoms. The lowest BCUT2D eigenvalue weighted by Gasteiger charge is -2.35. The van der Waals surface area contributed by atoms with Gasteiger partial charge in [0.1, 0.15) is 5.82 Å². The van der Waals surface area contributed by atoms with Gasteiger partial charge in [-0.2, -0.15) is 0 Å². The van der Waals surface area contributed by atoms with E-state index < -0.39 is 0 Å². The van der Waals surface area contributed by atoms with Crippen LogP contribution in [0.1, 0.15) is 15.9 Å². The first kappa shape index (κ1) is 19.9. The van der Waals surface area contributed by atoms with Crippen LogP contribution in [0.3, 0.4) is 0 Å². The van der Waals surface area contributed by atoms with E-state index in [4.69, 9.17) is 14.2 Å². The second-order valence-electron chi connectivity index (χ2n) is 6.58. The highest BCUT2D eigenvalue weighted by Gasteiger charge is 2.27. The van der Waals surface area contributed by atoms with E-state index in [1.165, 1.54) is 26.4 Å². The van der Waals surface area contributed by atoms with Gasteiger partial charge in [0, 0.05) is 32.7 Å². The van der Waals surface area contributed by atoms with Crippen molar-refractivity contribution in [2.75, 3.05) is 47.5 Å². The number of halogens is 1. The van der Waals surface area contributed by atoms with E-state index in [2.05, 4.69) is 4.90 Å². The zero-order valence-corrected chi connectivity index (χ0v) is 16.4. The molecule has 28 heavy (non-hydrogen) atoms. The van der Waals surface area contributed by atoms with Crippen molar-refractivity contribution >= 4 is 5.91 Å². The number of nitrogens with zero attached hydrogens (tertiary/aromatic N) is 2. The molecule has 6 nitrogen and oxygen atoms in total. The minimum absolute atomic E-state index is 0.0979. The summed E-state index contributed by atoms with van der Waals surface area (Å²) >= 11 is 0. The lowest BCUT2D eigenvalue weighted by atomic mass is 10.1. The molecule has 0 atom stereocenters. The highest BCUT2D eigenvalue weighted by atomic mass is 19.1.